The van der Waals surface area contributed by atoms with Crippen molar-refractivity contribution in [2.75, 3.05) is 20.2 Å². The zero-order valence-electron chi connectivity index (χ0n) is 6.95. The molecule has 5 nitrogen and oxygen atoms in total. The van der Waals surface area contributed by atoms with E-state index in [1.54, 1.807) is 0 Å². The summed E-state index contributed by atoms with van der Waals surface area (Å²) in [5, 5.41) is 0. The van der Waals surface area contributed by atoms with Gasteiger partial charge in [-0.25, -0.2) is 0 Å². The molecule has 2 N–H and O–H groups in total. The molecule has 0 aromatic rings. The number of carbonyl (C=O) groups excluding carboxylic acids is 2. The standard InChI is InChI=1S/C7H12N2O3/c1-12-5-4-6(10)9(3-2-8)7(5)11/h5H,2-4,8H2,1H3. The van der Waals surface area contributed by atoms with Gasteiger partial charge in [0.25, 0.3) is 5.91 Å². The van der Waals surface area contributed by atoms with Crippen LogP contribution in [0.15, 0.2) is 0 Å². The van der Waals surface area contributed by atoms with Gasteiger partial charge in [0.1, 0.15) is 6.10 Å². The van der Waals surface area contributed by atoms with Crippen LogP contribution in [-0.4, -0.2) is 43.0 Å². The second kappa shape index (κ2) is 3.64. The van der Waals surface area contributed by atoms with E-state index in [1.807, 2.05) is 0 Å². The molecule has 0 aromatic heterocycles. The summed E-state index contributed by atoms with van der Waals surface area (Å²) in [6.45, 7) is 0.589. The van der Waals surface area contributed by atoms with Crippen LogP contribution in [0.5, 0.6) is 0 Å². The molecule has 1 fully saturated rings. The van der Waals surface area contributed by atoms with Crippen molar-refractivity contribution in [1.82, 2.24) is 4.90 Å². The smallest absolute Gasteiger partial charge is 0.258 e. The van der Waals surface area contributed by atoms with Crippen molar-refractivity contribution < 1.29 is 14.3 Å². The summed E-state index contributed by atoms with van der Waals surface area (Å²) >= 11 is 0. The minimum Gasteiger partial charge on any atom is -0.371 e. The molecular weight excluding hydrogens is 160 g/mol. The first-order valence-electron chi connectivity index (χ1n) is 3.77. The van der Waals surface area contributed by atoms with E-state index in [0.717, 1.165) is 4.90 Å². The van der Waals surface area contributed by atoms with Gasteiger partial charge in [-0.2, -0.15) is 0 Å². The zero-order chi connectivity index (χ0) is 9.14. The van der Waals surface area contributed by atoms with Gasteiger partial charge < -0.3 is 10.5 Å². The van der Waals surface area contributed by atoms with Gasteiger partial charge >= 0.3 is 0 Å². The van der Waals surface area contributed by atoms with Crippen molar-refractivity contribution in [2.45, 2.75) is 12.5 Å². The Labute approximate surface area is 70.5 Å². The van der Waals surface area contributed by atoms with Crippen LogP contribution in [0.3, 0.4) is 0 Å². The van der Waals surface area contributed by atoms with Crippen LogP contribution < -0.4 is 5.73 Å². The normalized spacial score (nSPS) is 23.8. The van der Waals surface area contributed by atoms with Gasteiger partial charge in [0.15, 0.2) is 0 Å². The molecule has 0 aliphatic carbocycles. The Balaban J connectivity index is 2.64. The number of carbonyl (C=O) groups is 2. The van der Waals surface area contributed by atoms with E-state index < -0.39 is 6.10 Å². The number of amides is 2. The van der Waals surface area contributed by atoms with Crippen LogP contribution in [-0.2, 0) is 14.3 Å². The van der Waals surface area contributed by atoms with Crippen molar-refractivity contribution in [3.05, 3.63) is 0 Å². The molecule has 1 saturated heterocycles. The van der Waals surface area contributed by atoms with Crippen molar-refractivity contribution in [3.8, 4) is 0 Å². The monoisotopic (exact) mass is 172 g/mol. The lowest BCUT2D eigenvalue weighted by molar-refractivity contribution is -0.141. The quantitative estimate of drug-likeness (QED) is 0.538. The fourth-order valence-electron chi connectivity index (χ4n) is 1.20. The Kier molecular flexibility index (Phi) is 2.78. The number of nitrogens with two attached hydrogens (primary N) is 1. The molecule has 1 unspecified atom stereocenters. The summed E-state index contributed by atoms with van der Waals surface area (Å²) in [6, 6.07) is 0. The average Bonchev–Trinajstić information content (AvgIpc) is 2.32. The summed E-state index contributed by atoms with van der Waals surface area (Å²) in [7, 11) is 1.42. The van der Waals surface area contributed by atoms with E-state index in [9.17, 15) is 9.59 Å². The molecule has 0 saturated carbocycles. The lowest BCUT2D eigenvalue weighted by atomic mass is 10.3. The van der Waals surface area contributed by atoms with Gasteiger partial charge in [-0.3, -0.25) is 14.5 Å². The van der Waals surface area contributed by atoms with E-state index in [-0.39, 0.29) is 24.8 Å². The van der Waals surface area contributed by atoms with Gasteiger partial charge in [0.05, 0.1) is 6.42 Å². The summed E-state index contributed by atoms with van der Waals surface area (Å²) in [6.07, 6.45) is -0.445. The minimum atomic E-state index is -0.593. The Morgan fingerprint density at radius 3 is 2.75 bits per heavy atom. The molecule has 0 spiro atoms. The summed E-state index contributed by atoms with van der Waals surface area (Å²) in [5.74, 6) is -0.467. The molecule has 1 atom stereocenters. The van der Waals surface area contributed by atoms with Gasteiger partial charge in [-0.1, -0.05) is 0 Å². The first-order valence-corrected chi connectivity index (χ1v) is 3.77. The first kappa shape index (κ1) is 9.15. The Morgan fingerprint density at radius 2 is 2.33 bits per heavy atom. The number of hydrogen-bond donors (Lipinski definition) is 1. The molecule has 0 bridgehead atoms. The van der Waals surface area contributed by atoms with Gasteiger partial charge in [-0.15, -0.1) is 0 Å². The molecular formula is C7H12N2O3. The van der Waals surface area contributed by atoms with Crippen LogP contribution in [0.1, 0.15) is 6.42 Å². The van der Waals surface area contributed by atoms with Crippen molar-refractivity contribution in [3.63, 3.8) is 0 Å². The molecule has 12 heavy (non-hydrogen) atoms. The highest BCUT2D eigenvalue weighted by molar-refractivity contribution is 6.04. The third-order valence-electron chi connectivity index (χ3n) is 1.84. The maximum absolute atomic E-state index is 11.3. The van der Waals surface area contributed by atoms with Crippen LogP contribution in [0.4, 0.5) is 0 Å². The molecule has 68 valence electrons. The van der Waals surface area contributed by atoms with Crippen molar-refractivity contribution >= 4 is 11.8 Å². The molecule has 0 aromatic carbocycles. The van der Waals surface area contributed by atoms with E-state index in [1.165, 1.54) is 7.11 Å². The summed E-state index contributed by atoms with van der Waals surface area (Å²) < 4.78 is 4.82. The predicted octanol–water partition coefficient (Wildman–Crippen LogP) is -1.28. The number of nitrogens with zero attached hydrogens (tertiary/aromatic N) is 1. The second-order valence-corrected chi connectivity index (χ2v) is 2.60. The fraction of sp³-hybridized carbons (Fsp3) is 0.714. The van der Waals surface area contributed by atoms with Crippen LogP contribution in [0, 0.1) is 0 Å². The zero-order valence-corrected chi connectivity index (χ0v) is 6.95. The van der Waals surface area contributed by atoms with Crippen LogP contribution in [0.2, 0.25) is 0 Å². The van der Waals surface area contributed by atoms with E-state index in [2.05, 4.69) is 0 Å². The highest BCUT2D eigenvalue weighted by atomic mass is 16.5. The molecule has 1 aliphatic rings. The Bertz CT molecular complexity index is 205. The van der Waals surface area contributed by atoms with E-state index in [0.29, 0.717) is 6.54 Å². The van der Waals surface area contributed by atoms with Crippen molar-refractivity contribution in [1.29, 1.82) is 0 Å². The highest BCUT2D eigenvalue weighted by Crippen LogP contribution is 2.14. The Hall–Kier alpha value is -0.940. The number of hydrogen-bond acceptors (Lipinski definition) is 4. The topological polar surface area (TPSA) is 72.6 Å². The van der Waals surface area contributed by atoms with E-state index in [4.69, 9.17) is 10.5 Å². The molecule has 1 aliphatic heterocycles. The minimum absolute atomic E-state index is 0.148. The Morgan fingerprint density at radius 1 is 1.67 bits per heavy atom. The average molecular weight is 172 g/mol. The largest absolute Gasteiger partial charge is 0.371 e. The van der Waals surface area contributed by atoms with Gasteiger partial charge in [-0.05, 0) is 0 Å². The number of methoxy groups -OCH3 is 1. The third-order valence-corrected chi connectivity index (χ3v) is 1.84. The number of ether oxygens (including phenoxy) is 1. The molecule has 1 heterocycles. The predicted molar refractivity (Wildman–Crippen MR) is 41.2 cm³/mol. The molecule has 5 heteroatoms. The lowest BCUT2D eigenvalue weighted by Crippen LogP contribution is -2.36. The highest BCUT2D eigenvalue weighted by Gasteiger charge is 2.37. The molecule has 0 radical (unpaired) electrons. The number of imide groups is 1. The summed E-state index contributed by atoms with van der Waals surface area (Å²) in [5.41, 5.74) is 5.23. The van der Waals surface area contributed by atoms with Crippen LogP contribution in [0.25, 0.3) is 0 Å². The van der Waals surface area contributed by atoms with Crippen LogP contribution >= 0.6 is 0 Å². The van der Waals surface area contributed by atoms with Gasteiger partial charge in [0, 0.05) is 20.2 Å². The number of rotatable bonds is 3. The van der Waals surface area contributed by atoms with Gasteiger partial charge in [0.2, 0.25) is 5.91 Å². The first-order chi connectivity index (χ1) is 5.70. The molecule has 1 rings (SSSR count). The third kappa shape index (κ3) is 1.46. The fourth-order valence-corrected chi connectivity index (χ4v) is 1.20. The maximum Gasteiger partial charge on any atom is 0.258 e. The lowest BCUT2D eigenvalue weighted by Gasteiger charge is -2.12. The van der Waals surface area contributed by atoms with Crippen molar-refractivity contribution in [2.24, 2.45) is 5.73 Å². The molecule has 2 amide bonds. The maximum atomic E-state index is 11.3. The number of likely N-dealkylation sites (tertiary alicyclic amines) is 1. The SMILES string of the molecule is COC1CC(=O)N(CCN)C1=O. The summed E-state index contributed by atoms with van der Waals surface area (Å²) in [4.78, 5) is 23.5. The van der Waals surface area contributed by atoms with E-state index >= 15 is 0 Å². The second-order valence-electron chi connectivity index (χ2n) is 2.60.